The summed E-state index contributed by atoms with van der Waals surface area (Å²) in [6.07, 6.45) is 3.06. The number of benzene rings is 1. The van der Waals surface area contributed by atoms with E-state index in [4.69, 9.17) is 0 Å². The number of carbonyl (C=O) groups is 2. The van der Waals surface area contributed by atoms with Crippen molar-refractivity contribution < 1.29 is 9.59 Å². The maximum atomic E-state index is 12.8. The Morgan fingerprint density at radius 1 is 1.18 bits per heavy atom. The summed E-state index contributed by atoms with van der Waals surface area (Å²) in [7, 11) is 0. The first-order valence-electron chi connectivity index (χ1n) is 8.01. The third kappa shape index (κ3) is 2.05. The Kier molecular flexibility index (Phi) is 3.06. The molecule has 2 aliphatic heterocycles. The molecular formula is C18H20N2O2. The van der Waals surface area contributed by atoms with Crippen LogP contribution in [-0.2, 0) is 16.1 Å². The average Bonchev–Trinajstić information content (AvgIpc) is 2.94. The predicted octanol–water partition coefficient (Wildman–Crippen LogP) is 2.67. The molecule has 114 valence electrons. The van der Waals surface area contributed by atoms with E-state index >= 15 is 0 Å². The van der Waals surface area contributed by atoms with Crippen LogP contribution in [0.4, 0.5) is 0 Å². The van der Waals surface area contributed by atoms with Gasteiger partial charge in [-0.05, 0) is 37.3 Å². The number of carbonyl (C=O) groups excluding carboxylic acids is 2. The highest BCUT2D eigenvalue weighted by Gasteiger charge is 2.42. The van der Waals surface area contributed by atoms with E-state index in [-0.39, 0.29) is 18.0 Å². The van der Waals surface area contributed by atoms with Gasteiger partial charge in [-0.3, -0.25) is 9.59 Å². The monoisotopic (exact) mass is 296 g/mol. The second-order valence-electron chi connectivity index (χ2n) is 6.56. The Hall–Kier alpha value is -2.10. The van der Waals surface area contributed by atoms with Gasteiger partial charge in [0.25, 0.3) is 0 Å². The van der Waals surface area contributed by atoms with Crippen molar-refractivity contribution in [2.45, 2.75) is 51.2 Å². The normalized spacial score (nSPS) is 24.2. The molecule has 4 heteroatoms. The van der Waals surface area contributed by atoms with Crippen LogP contribution in [0.5, 0.6) is 0 Å². The first kappa shape index (κ1) is 13.6. The molecule has 0 aliphatic carbocycles. The number of rotatable bonds is 2. The van der Waals surface area contributed by atoms with Crippen LogP contribution in [0.15, 0.2) is 30.3 Å². The quantitative estimate of drug-likeness (QED) is 0.855. The number of nitrogens with zero attached hydrogens (tertiary/aromatic N) is 2. The van der Waals surface area contributed by atoms with Crippen molar-refractivity contribution in [2.24, 2.45) is 0 Å². The molecule has 3 heterocycles. The van der Waals surface area contributed by atoms with Crippen LogP contribution in [-0.4, -0.2) is 33.2 Å². The molecule has 2 saturated heterocycles. The van der Waals surface area contributed by atoms with Gasteiger partial charge in [0.1, 0.15) is 12.3 Å². The zero-order chi connectivity index (χ0) is 15.3. The molecular weight excluding hydrogens is 276 g/mol. The second-order valence-corrected chi connectivity index (χ2v) is 6.56. The minimum absolute atomic E-state index is 0.140. The van der Waals surface area contributed by atoms with Crippen LogP contribution < -0.4 is 0 Å². The molecule has 2 atom stereocenters. The Balaban J connectivity index is 1.62. The van der Waals surface area contributed by atoms with Gasteiger partial charge in [0, 0.05) is 36.1 Å². The van der Waals surface area contributed by atoms with Crippen molar-refractivity contribution in [2.75, 3.05) is 0 Å². The van der Waals surface area contributed by atoms with E-state index in [1.165, 1.54) is 5.39 Å². The van der Waals surface area contributed by atoms with Gasteiger partial charge in [-0.15, -0.1) is 0 Å². The number of aromatic nitrogens is 1. The number of aryl methyl sites for hydroxylation is 1. The predicted molar refractivity (Wildman–Crippen MR) is 84.6 cm³/mol. The van der Waals surface area contributed by atoms with Crippen LogP contribution in [0.25, 0.3) is 10.9 Å². The zero-order valence-electron chi connectivity index (χ0n) is 12.8. The van der Waals surface area contributed by atoms with Gasteiger partial charge in [-0.2, -0.15) is 0 Å². The Morgan fingerprint density at radius 2 is 1.86 bits per heavy atom. The maximum Gasteiger partial charge on any atom is 0.243 e. The summed E-state index contributed by atoms with van der Waals surface area (Å²) in [6.45, 7) is 2.42. The molecule has 4 rings (SSSR count). The van der Waals surface area contributed by atoms with Gasteiger partial charge < -0.3 is 9.47 Å². The van der Waals surface area contributed by atoms with E-state index in [0.29, 0.717) is 25.2 Å². The molecule has 1 aromatic carbocycles. The van der Waals surface area contributed by atoms with Gasteiger partial charge in [-0.25, -0.2) is 0 Å². The van der Waals surface area contributed by atoms with Crippen molar-refractivity contribution in [3.63, 3.8) is 0 Å². The number of fused-ring (bicyclic) bond motifs is 3. The van der Waals surface area contributed by atoms with Gasteiger partial charge >= 0.3 is 0 Å². The van der Waals surface area contributed by atoms with Crippen molar-refractivity contribution in [3.05, 3.63) is 36.0 Å². The lowest BCUT2D eigenvalue weighted by atomic mass is 10.0. The number of hydrogen-bond donors (Lipinski definition) is 0. The zero-order valence-corrected chi connectivity index (χ0v) is 12.8. The van der Waals surface area contributed by atoms with Gasteiger partial charge in [0.15, 0.2) is 0 Å². The smallest absolute Gasteiger partial charge is 0.243 e. The molecule has 2 bridgehead atoms. The average molecular weight is 296 g/mol. The third-order valence-corrected chi connectivity index (χ3v) is 5.15. The maximum absolute atomic E-state index is 12.8. The Labute approximate surface area is 129 Å². The van der Waals surface area contributed by atoms with E-state index in [1.807, 2.05) is 24.0 Å². The molecule has 1 amide bonds. The van der Waals surface area contributed by atoms with Crippen molar-refractivity contribution in [1.29, 1.82) is 0 Å². The lowest BCUT2D eigenvalue weighted by molar-refractivity contribution is -0.139. The molecule has 2 fully saturated rings. The largest absolute Gasteiger partial charge is 0.335 e. The molecule has 4 nitrogen and oxygen atoms in total. The second kappa shape index (κ2) is 4.97. The molecule has 2 unspecified atom stereocenters. The molecule has 0 N–H and O–H groups in total. The van der Waals surface area contributed by atoms with Crippen LogP contribution in [0.1, 0.15) is 31.4 Å². The van der Waals surface area contributed by atoms with E-state index in [0.717, 1.165) is 24.1 Å². The van der Waals surface area contributed by atoms with Crippen LogP contribution >= 0.6 is 0 Å². The lowest BCUT2D eigenvalue weighted by Crippen LogP contribution is -2.48. The Bertz CT molecular complexity index is 746. The fourth-order valence-electron chi connectivity index (χ4n) is 4.15. The van der Waals surface area contributed by atoms with Crippen molar-refractivity contribution >= 4 is 22.6 Å². The summed E-state index contributed by atoms with van der Waals surface area (Å²) >= 11 is 0. The number of hydrogen-bond acceptors (Lipinski definition) is 2. The van der Waals surface area contributed by atoms with Crippen LogP contribution in [0, 0.1) is 6.92 Å². The molecule has 2 aliphatic rings. The number of piperidine rings is 1. The Morgan fingerprint density at radius 3 is 2.59 bits per heavy atom. The summed E-state index contributed by atoms with van der Waals surface area (Å²) in [5.74, 6) is 0.476. The van der Waals surface area contributed by atoms with E-state index in [9.17, 15) is 9.59 Å². The first-order valence-corrected chi connectivity index (χ1v) is 8.01. The SMILES string of the molecule is Cc1cc2ccccc2n1CC(=O)N1C2CCC1CC(=O)C2. The van der Waals surface area contributed by atoms with Gasteiger partial charge in [-0.1, -0.05) is 18.2 Å². The fourth-order valence-corrected chi connectivity index (χ4v) is 4.15. The van der Waals surface area contributed by atoms with Crippen molar-refractivity contribution in [3.8, 4) is 0 Å². The summed E-state index contributed by atoms with van der Waals surface area (Å²) in [4.78, 5) is 26.5. The fraction of sp³-hybridized carbons (Fsp3) is 0.444. The first-order chi connectivity index (χ1) is 10.6. The molecule has 0 spiro atoms. The highest BCUT2D eigenvalue weighted by atomic mass is 16.2. The molecule has 1 aromatic heterocycles. The van der Waals surface area contributed by atoms with Crippen molar-refractivity contribution in [1.82, 2.24) is 9.47 Å². The third-order valence-electron chi connectivity index (χ3n) is 5.15. The summed E-state index contributed by atoms with van der Waals surface area (Å²) in [5.41, 5.74) is 2.21. The number of Topliss-reactive ketones (excluding diaryl/α,β-unsaturated/α-hetero) is 1. The van der Waals surface area contributed by atoms with Crippen LogP contribution in [0.3, 0.4) is 0 Å². The minimum Gasteiger partial charge on any atom is -0.335 e. The molecule has 2 aromatic rings. The summed E-state index contributed by atoms with van der Waals surface area (Å²) < 4.78 is 2.09. The molecule has 0 radical (unpaired) electrons. The van der Waals surface area contributed by atoms with Gasteiger partial charge in [0.05, 0.1) is 0 Å². The summed E-state index contributed by atoms with van der Waals surface area (Å²) in [6, 6.07) is 10.6. The summed E-state index contributed by atoms with van der Waals surface area (Å²) in [5, 5.41) is 1.17. The molecule has 0 saturated carbocycles. The number of para-hydroxylation sites is 1. The standard InChI is InChI=1S/C18H20N2O2/c1-12-8-13-4-2-3-5-17(13)19(12)11-18(22)20-14-6-7-15(20)10-16(21)9-14/h2-5,8,14-15H,6-7,9-11H2,1H3. The lowest BCUT2D eigenvalue weighted by Gasteiger charge is -2.34. The van der Waals surface area contributed by atoms with Gasteiger partial charge in [0.2, 0.25) is 5.91 Å². The topological polar surface area (TPSA) is 42.3 Å². The minimum atomic E-state index is 0.140. The van der Waals surface area contributed by atoms with Crippen LogP contribution in [0.2, 0.25) is 0 Å². The number of ketones is 1. The van der Waals surface area contributed by atoms with E-state index in [1.54, 1.807) is 0 Å². The highest BCUT2D eigenvalue weighted by molar-refractivity contribution is 5.87. The number of amides is 1. The van der Waals surface area contributed by atoms with E-state index < -0.39 is 0 Å². The van der Waals surface area contributed by atoms with E-state index in [2.05, 4.69) is 22.8 Å². The molecule has 22 heavy (non-hydrogen) atoms. The highest BCUT2D eigenvalue weighted by Crippen LogP contribution is 2.34.